The van der Waals surface area contributed by atoms with Crippen molar-refractivity contribution in [1.29, 1.82) is 0 Å². The lowest BCUT2D eigenvalue weighted by molar-refractivity contribution is -0.660. The van der Waals surface area contributed by atoms with Crippen molar-refractivity contribution in [2.45, 2.75) is 13.8 Å². The van der Waals surface area contributed by atoms with Gasteiger partial charge in [-0.15, -0.1) is 0 Å². The Labute approximate surface area is 133 Å². The highest BCUT2D eigenvalue weighted by atomic mass is 35.5. The van der Waals surface area contributed by atoms with Crippen molar-refractivity contribution in [2.75, 3.05) is 0 Å². The van der Waals surface area contributed by atoms with Gasteiger partial charge in [0.05, 0.1) is 10.6 Å². The number of esters is 2. The Balaban J connectivity index is 2.52. The maximum absolute atomic E-state index is 11.2. The van der Waals surface area contributed by atoms with E-state index in [4.69, 9.17) is 21.1 Å². The van der Waals surface area contributed by atoms with Gasteiger partial charge in [0.2, 0.25) is 5.69 Å². The van der Waals surface area contributed by atoms with Crippen LogP contribution in [0.15, 0.2) is 36.5 Å². The summed E-state index contributed by atoms with van der Waals surface area (Å²) in [4.78, 5) is 22.4. The number of nitrogens with zero attached hydrogens (tertiary/aromatic N) is 1. The van der Waals surface area contributed by atoms with E-state index in [1.165, 1.54) is 13.8 Å². The van der Waals surface area contributed by atoms with Crippen LogP contribution in [-0.2, 0) is 16.6 Å². The third kappa shape index (κ3) is 3.83. The van der Waals surface area contributed by atoms with Crippen LogP contribution < -0.4 is 14.0 Å². The summed E-state index contributed by atoms with van der Waals surface area (Å²) in [6.07, 6.45) is 1.82. The van der Waals surface area contributed by atoms with Crippen LogP contribution in [0, 0.1) is 0 Å². The second-order valence-electron chi connectivity index (χ2n) is 4.69. The number of aryl methyl sites for hydroxylation is 1. The molecule has 0 atom stereocenters. The fourth-order valence-corrected chi connectivity index (χ4v) is 2.13. The molecule has 0 aliphatic heterocycles. The van der Waals surface area contributed by atoms with Crippen molar-refractivity contribution in [3.8, 4) is 22.8 Å². The highest BCUT2D eigenvalue weighted by Gasteiger charge is 2.16. The maximum Gasteiger partial charge on any atom is 0.308 e. The average molecular weight is 321 g/mol. The van der Waals surface area contributed by atoms with E-state index < -0.39 is 11.9 Å². The van der Waals surface area contributed by atoms with E-state index in [-0.39, 0.29) is 11.5 Å². The molecule has 0 fully saturated rings. The molecular weight excluding hydrogens is 306 g/mol. The molecule has 6 heteroatoms. The van der Waals surface area contributed by atoms with Crippen molar-refractivity contribution in [2.24, 2.45) is 7.05 Å². The van der Waals surface area contributed by atoms with Gasteiger partial charge < -0.3 is 9.47 Å². The lowest BCUT2D eigenvalue weighted by Crippen LogP contribution is -2.30. The zero-order chi connectivity index (χ0) is 16.3. The molecule has 0 amide bonds. The molecule has 0 unspecified atom stereocenters. The number of halogens is 1. The van der Waals surface area contributed by atoms with Crippen molar-refractivity contribution < 1.29 is 23.6 Å². The molecule has 5 nitrogen and oxygen atoms in total. The number of pyridine rings is 1. The van der Waals surface area contributed by atoms with Gasteiger partial charge in [0, 0.05) is 26.0 Å². The zero-order valence-corrected chi connectivity index (χ0v) is 13.2. The molecular formula is C16H15ClNO4+. The van der Waals surface area contributed by atoms with Gasteiger partial charge in [-0.2, -0.15) is 0 Å². The van der Waals surface area contributed by atoms with Gasteiger partial charge >= 0.3 is 11.9 Å². The van der Waals surface area contributed by atoms with E-state index in [0.29, 0.717) is 5.02 Å². The Kier molecular flexibility index (Phi) is 4.78. The first-order valence-electron chi connectivity index (χ1n) is 6.53. The predicted molar refractivity (Wildman–Crippen MR) is 80.7 cm³/mol. The standard InChI is InChI=1S/C16H15ClNO4/c1-10(19)21-15-5-4-12(8-16(15)22-11(2)20)14-9-13(17)6-7-18(14)3/h4-9H,1-3H3/q+1. The minimum atomic E-state index is -0.499. The van der Waals surface area contributed by atoms with Crippen LogP contribution in [0.2, 0.25) is 5.02 Å². The van der Waals surface area contributed by atoms with Crippen molar-refractivity contribution >= 4 is 23.5 Å². The highest BCUT2D eigenvalue weighted by molar-refractivity contribution is 6.30. The van der Waals surface area contributed by atoms with Crippen LogP contribution in [0.5, 0.6) is 11.5 Å². The van der Waals surface area contributed by atoms with Gasteiger partial charge in [0.25, 0.3) is 0 Å². The molecule has 0 spiro atoms. The monoisotopic (exact) mass is 320 g/mol. The Morgan fingerprint density at radius 1 is 1.00 bits per heavy atom. The van der Waals surface area contributed by atoms with Crippen LogP contribution >= 0.6 is 11.6 Å². The molecule has 0 saturated carbocycles. The summed E-state index contributed by atoms with van der Waals surface area (Å²) in [5.41, 5.74) is 1.60. The van der Waals surface area contributed by atoms with Crippen LogP contribution in [-0.4, -0.2) is 11.9 Å². The Morgan fingerprint density at radius 2 is 1.64 bits per heavy atom. The van der Waals surface area contributed by atoms with Crippen molar-refractivity contribution in [3.05, 3.63) is 41.6 Å². The lowest BCUT2D eigenvalue weighted by atomic mass is 10.1. The molecule has 114 valence electrons. The third-order valence-corrected chi connectivity index (χ3v) is 3.09. The van der Waals surface area contributed by atoms with Gasteiger partial charge in [0.15, 0.2) is 17.7 Å². The molecule has 0 aliphatic carbocycles. The minimum absolute atomic E-state index is 0.181. The average Bonchev–Trinajstić information content (AvgIpc) is 2.42. The Morgan fingerprint density at radius 3 is 2.27 bits per heavy atom. The summed E-state index contributed by atoms with van der Waals surface area (Å²) in [6.45, 7) is 2.56. The first kappa shape index (κ1) is 16.0. The number of carbonyl (C=O) groups excluding carboxylic acids is 2. The molecule has 2 aromatic rings. The van der Waals surface area contributed by atoms with Crippen LogP contribution in [0.4, 0.5) is 0 Å². The van der Waals surface area contributed by atoms with Crippen LogP contribution in [0.1, 0.15) is 13.8 Å². The largest absolute Gasteiger partial charge is 0.423 e. The molecule has 0 aliphatic rings. The molecule has 1 aromatic heterocycles. The van der Waals surface area contributed by atoms with Gasteiger partial charge in [-0.1, -0.05) is 11.6 Å². The molecule has 0 saturated heterocycles. The summed E-state index contributed by atoms with van der Waals surface area (Å²) in [5, 5.41) is 0.589. The number of aromatic nitrogens is 1. The smallest absolute Gasteiger partial charge is 0.308 e. The van der Waals surface area contributed by atoms with E-state index in [1.54, 1.807) is 30.3 Å². The molecule has 0 bridgehead atoms. The van der Waals surface area contributed by atoms with E-state index in [2.05, 4.69) is 0 Å². The van der Waals surface area contributed by atoms with Crippen LogP contribution in [0.3, 0.4) is 0 Å². The molecule has 22 heavy (non-hydrogen) atoms. The van der Waals surface area contributed by atoms with Crippen molar-refractivity contribution in [3.63, 3.8) is 0 Å². The first-order valence-corrected chi connectivity index (χ1v) is 6.91. The quantitative estimate of drug-likeness (QED) is 0.495. The van der Waals surface area contributed by atoms with Crippen molar-refractivity contribution in [1.82, 2.24) is 0 Å². The summed E-state index contributed by atoms with van der Waals surface area (Å²) >= 11 is 6.02. The van der Waals surface area contributed by atoms with Gasteiger partial charge in [-0.3, -0.25) is 9.59 Å². The maximum atomic E-state index is 11.2. The predicted octanol–water partition coefficient (Wildman–Crippen LogP) is 2.68. The van der Waals surface area contributed by atoms with Gasteiger partial charge in [0.1, 0.15) is 7.05 Å². The topological polar surface area (TPSA) is 56.5 Å². The summed E-state index contributed by atoms with van der Waals surface area (Å²) in [6, 6.07) is 8.53. The van der Waals surface area contributed by atoms with Gasteiger partial charge in [-0.25, -0.2) is 4.57 Å². The fourth-order valence-electron chi connectivity index (χ4n) is 1.97. The zero-order valence-electron chi connectivity index (χ0n) is 12.4. The number of hydrogen-bond acceptors (Lipinski definition) is 4. The molecule has 2 rings (SSSR count). The highest BCUT2D eigenvalue weighted by Crippen LogP contribution is 2.32. The number of rotatable bonds is 3. The summed E-state index contributed by atoms with van der Waals surface area (Å²) in [5.74, 6) is -0.619. The number of carbonyl (C=O) groups is 2. The summed E-state index contributed by atoms with van der Waals surface area (Å²) in [7, 11) is 1.87. The van der Waals surface area contributed by atoms with E-state index in [1.807, 2.05) is 17.8 Å². The number of benzene rings is 1. The molecule has 0 radical (unpaired) electrons. The number of ether oxygens (including phenoxy) is 2. The lowest BCUT2D eigenvalue weighted by Gasteiger charge is -2.10. The van der Waals surface area contributed by atoms with E-state index in [9.17, 15) is 9.59 Å². The second kappa shape index (κ2) is 6.58. The van der Waals surface area contributed by atoms with E-state index in [0.717, 1.165) is 11.3 Å². The van der Waals surface area contributed by atoms with Gasteiger partial charge in [-0.05, 0) is 18.2 Å². The van der Waals surface area contributed by atoms with Crippen LogP contribution in [0.25, 0.3) is 11.3 Å². The van der Waals surface area contributed by atoms with E-state index >= 15 is 0 Å². The Bertz CT molecular complexity index is 743. The SMILES string of the molecule is CC(=O)Oc1ccc(-c2cc(Cl)cc[n+]2C)cc1OC(C)=O. The minimum Gasteiger partial charge on any atom is -0.423 e. The molecule has 1 aromatic carbocycles. The normalized spacial score (nSPS) is 10.2. The second-order valence-corrected chi connectivity index (χ2v) is 5.13. The molecule has 1 heterocycles. The Hall–Kier alpha value is -2.40. The number of hydrogen-bond donors (Lipinski definition) is 0. The molecule has 0 N–H and O–H groups in total. The fraction of sp³-hybridized carbons (Fsp3) is 0.188. The first-order chi connectivity index (χ1) is 10.4. The third-order valence-electron chi connectivity index (χ3n) is 2.86. The summed E-state index contributed by atoms with van der Waals surface area (Å²) < 4.78 is 12.0.